The summed E-state index contributed by atoms with van der Waals surface area (Å²) in [5, 5.41) is 1.55. The second kappa shape index (κ2) is 12.2. The van der Waals surface area contributed by atoms with Gasteiger partial charge in [0.25, 0.3) is 0 Å². The van der Waals surface area contributed by atoms with E-state index in [1.807, 2.05) is 0 Å². The lowest BCUT2D eigenvalue weighted by atomic mass is 9.90. The molecule has 0 aliphatic carbocycles. The highest BCUT2D eigenvalue weighted by atomic mass is 31.1. The van der Waals surface area contributed by atoms with Crippen molar-refractivity contribution in [3.63, 3.8) is 0 Å². The third kappa shape index (κ3) is 6.13. The molecular formula is C28H44NO2P. The lowest BCUT2D eigenvalue weighted by Crippen LogP contribution is -2.37. The maximum Gasteiger partial charge on any atom is 0.188 e. The molecule has 1 atom stereocenters. The number of nitrogens with zero attached hydrogens (tertiary/aromatic N) is 1. The van der Waals surface area contributed by atoms with Crippen molar-refractivity contribution in [2.24, 2.45) is 0 Å². The molecule has 32 heavy (non-hydrogen) atoms. The van der Waals surface area contributed by atoms with Crippen molar-refractivity contribution in [3.05, 3.63) is 58.7 Å². The zero-order chi connectivity index (χ0) is 23.9. The quantitative estimate of drug-likeness (QED) is 0.255. The molecule has 2 rings (SSSR count). The lowest BCUT2D eigenvalue weighted by Gasteiger charge is -2.37. The molecule has 178 valence electrons. The number of hydrogen-bond acceptors (Lipinski definition) is 3. The summed E-state index contributed by atoms with van der Waals surface area (Å²) < 4.78 is 11.4. The third-order valence-corrected chi connectivity index (χ3v) is 9.08. The normalized spacial score (nSPS) is 12.6. The van der Waals surface area contributed by atoms with E-state index in [9.17, 15) is 0 Å². The summed E-state index contributed by atoms with van der Waals surface area (Å²) in [4.78, 5) is 2.59. The SMILES string of the molecule is CCC(CC)(Pc1c(C)cccc1CN(C(C)C)C(C)C)c1cccc(C)c1OCOC. The molecule has 0 saturated heterocycles. The summed E-state index contributed by atoms with van der Waals surface area (Å²) in [6, 6.07) is 14.4. The Kier molecular flexibility index (Phi) is 10.2. The number of ether oxygens (including phenoxy) is 2. The number of aryl methyl sites for hydroxylation is 2. The van der Waals surface area contributed by atoms with Crippen LogP contribution in [0.2, 0.25) is 0 Å². The Labute approximate surface area is 198 Å². The van der Waals surface area contributed by atoms with Gasteiger partial charge in [-0.15, -0.1) is 0 Å². The maximum atomic E-state index is 6.13. The van der Waals surface area contributed by atoms with Crippen molar-refractivity contribution < 1.29 is 9.47 Å². The fraction of sp³-hybridized carbons (Fsp3) is 0.571. The first-order chi connectivity index (χ1) is 15.2. The maximum absolute atomic E-state index is 6.13. The standard InChI is InChI=1S/C28H44NO2P/c1-10-28(11-2,25-17-13-14-22(7)26(25)31-19-30-9)32-27-23(8)15-12-16-24(27)18-29(20(3)4)21(5)6/h12-17,20-21,32H,10-11,18-19H2,1-9H3. The minimum absolute atomic E-state index is 0.0381. The van der Waals surface area contributed by atoms with Crippen LogP contribution in [0.5, 0.6) is 5.75 Å². The Hall–Kier alpha value is -1.41. The molecule has 4 heteroatoms. The number of para-hydroxylation sites is 1. The zero-order valence-electron chi connectivity index (χ0n) is 21.7. The Bertz CT molecular complexity index is 851. The molecular weight excluding hydrogens is 413 g/mol. The third-order valence-electron chi connectivity index (χ3n) is 6.66. The minimum Gasteiger partial charge on any atom is -0.467 e. The van der Waals surface area contributed by atoms with E-state index in [2.05, 4.69) is 96.7 Å². The van der Waals surface area contributed by atoms with Crippen LogP contribution in [-0.2, 0) is 16.4 Å². The van der Waals surface area contributed by atoms with E-state index in [0.717, 1.165) is 25.1 Å². The van der Waals surface area contributed by atoms with Crippen molar-refractivity contribution in [2.75, 3.05) is 13.9 Å². The Morgan fingerprint density at radius 2 is 1.50 bits per heavy atom. The van der Waals surface area contributed by atoms with E-state index in [0.29, 0.717) is 20.7 Å². The number of benzene rings is 2. The summed E-state index contributed by atoms with van der Waals surface area (Å²) >= 11 is 0. The Morgan fingerprint density at radius 3 is 2.06 bits per heavy atom. The molecule has 2 aromatic carbocycles. The molecule has 0 N–H and O–H groups in total. The van der Waals surface area contributed by atoms with Crippen molar-refractivity contribution in [1.82, 2.24) is 4.90 Å². The molecule has 0 aliphatic heterocycles. The van der Waals surface area contributed by atoms with Gasteiger partial charge in [0.05, 0.1) is 0 Å². The number of rotatable bonds is 12. The Morgan fingerprint density at radius 1 is 0.906 bits per heavy atom. The van der Waals surface area contributed by atoms with E-state index in [4.69, 9.17) is 9.47 Å². The lowest BCUT2D eigenvalue weighted by molar-refractivity contribution is 0.0494. The number of hydrogen-bond donors (Lipinski definition) is 0. The van der Waals surface area contributed by atoms with Crippen molar-refractivity contribution in [3.8, 4) is 5.75 Å². The zero-order valence-corrected chi connectivity index (χ0v) is 22.7. The fourth-order valence-corrected chi connectivity index (χ4v) is 6.42. The Balaban J connectivity index is 2.57. The first-order valence-electron chi connectivity index (χ1n) is 12.0. The first kappa shape index (κ1) is 26.8. The number of methoxy groups -OCH3 is 1. The van der Waals surface area contributed by atoms with Crippen LogP contribution in [0, 0.1) is 13.8 Å². The van der Waals surface area contributed by atoms with Gasteiger partial charge in [0.1, 0.15) is 5.75 Å². The molecule has 1 unspecified atom stereocenters. The molecule has 0 amide bonds. The average Bonchev–Trinajstić information content (AvgIpc) is 2.76. The smallest absolute Gasteiger partial charge is 0.188 e. The van der Waals surface area contributed by atoms with Gasteiger partial charge < -0.3 is 9.47 Å². The summed E-state index contributed by atoms with van der Waals surface area (Å²) in [5.41, 5.74) is 5.35. The van der Waals surface area contributed by atoms with E-state index < -0.39 is 0 Å². The van der Waals surface area contributed by atoms with Gasteiger partial charge in [-0.2, -0.15) is 0 Å². The summed E-state index contributed by atoms with van der Waals surface area (Å²) in [6.45, 7) is 19.5. The fourth-order valence-electron chi connectivity index (χ4n) is 4.65. The van der Waals surface area contributed by atoms with E-state index in [1.165, 1.54) is 27.6 Å². The van der Waals surface area contributed by atoms with Crippen LogP contribution in [0.4, 0.5) is 0 Å². The molecule has 0 aromatic heterocycles. The van der Waals surface area contributed by atoms with Crippen LogP contribution in [-0.4, -0.2) is 30.9 Å². The van der Waals surface area contributed by atoms with E-state index >= 15 is 0 Å². The van der Waals surface area contributed by atoms with Crippen LogP contribution in [0.15, 0.2) is 36.4 Å². The molecule has 0 radical (unpaired) electrons. The summed E-state index contributed by atoms with van der Waals surface area (Å²) in [6.07, 6.45) is 2.14. The summed E-state index contributed by atoms with van der Waals surface area (Å²) in [7, 11) is 2.36. The highest BCUT2D eigenvalue weighted by molar-refractivity contribution is 7.48. The van der Waals surface area contributed by atoms with Crippen molar-refractivity contribution in [1.29, 1.82) is 0 Å². The van der Waals surface area contributed by atoms with Gasteiger partial charge in [-0.1, -0.05) is 58.8 Å². The highest BCUT2D eigenvalue weighted by Gasteiger charge is 2.34. The molecule has 0 spiro atoms. The van der Waals surface area contributed by atoms with Crippen molar-refractivity contribution in [2.45, 2.75) is 92.0 Å². The molecule has 0 aliphatic rings. The van der Waals surface area contributed by atoms with Gasteiger partial charge >= 0.3 is 0 Å². The van der Waals surface area contributed by atoms with Gasteiger partial charge in [-0.3, -0.25) is 4.90 Å². The topological polar surface area (TPSA) is 21.7 Å². The van der Waals surface area contributed by atoms with Gasteiger partial charge in [-0.25, -0.2) is 0 Å². The average molecular weight is 458 g/mol. The van der Waals surface area contributed by atoms with E-state index in [-0.39, 0.29) is 11.9 Å². The second-order valence-corrected chi connectivity index (χ2v) is 11.1. The second-order valence-electron chi connectivity index (χ2n) is 9.39. The van der Waals surface area contributed by atoms with Crippen LogP contribution >= 0.6 is 8.58 Å². The predicted octanol–water partition coefficient (Wildman–Crippen LogP) is 6.92. The first-order valence-corrected chi connectivity index (χ1v) is 13.0. The van der Waals surface area contributed by atoms with Gasteiger partial charge in [0, 0.05) is 36.5 Å². The monoisotopic (exact) mass is 457 g/mol. The molecule has 0 bridgehead atoms. The van der Waals surface area contributed by atoms with Gasteiger partial charge in [0.2, 0.25) is 0 Å². The van der Waals surface area contributed by atoms with Crippen molar-refractivity contribution >= 4 is 13.9 Å². The minimum atomic E-state index is 0.0381. The highest BCUT2D eigenvalue weighted by Crippen LogP contribution is 2.51. The molecule has 0 saturated carbocycles. The van der Waals surface area contributed by atoms with Gasteiger partial charge in [-0.05, 0) is 76.4 Å². The summed E-state index contributed by atoms with van der Waals surface area (Å²) in [5.74, 6) is 0.992. The van der Waals surface area contributed by atoms with Crippen LogP contribution in [0.3, 0.4) is 0 Å². The van der Waals surface area contributed by atoms with Crippen LogP contribution in [0.25, 0.3) is 0 Å². The molecule has 2 aromatic rings. The molecule has 3 nitrogen and oxygen atoms in total. The van der Waals surface area contributed by atoms with Crippen LogP contribution in [0.1, 0.15) is 76.6 Å². The van der Waals surface area contributed by atoms with Crippen LogP contribution < -0.4 is 10.0 Å². The van der Waals surface area contributed by atoms with Gasteiger partial charge in [0.15, 0.2) is 6.79 Å². The molecule has 0 fully saturated rings. The van der Waals surface area contributed by atoms with E-state index in [1.54, 1.807) is 7.11 Å². The molecule has 0 heterocycles. The predicted molar refractivity (Wildman–Crippen MR) is 141 cm³/mol. The largest absolute Gasteiger partial charge is 0.467 e.